The first-order valence-corrected chi connectivity index (χ1v) is 6.97. The monoisotopic (exact) mass is 341 g/mol. The first kappa shape index (κ1) is 12.7. The van der Waals surface area contributed by atoms with Crippen LogP contribution in [0.5, 0.6) is 0 Å². The zero-order valence-corrected chi connectivity index (χ0v) is 11.1. The smallest absolute Gasteiger partial charge is 0.237 e. The van der Waals surface area contributed by atoms with E-state index < -0.39 is 21.9 Å². The van der Waals surface area contributed by atoms with Gasteiger partial charge in [-0.15, -0.1) is 0 Å². The first-order chi connectivity index (χ1) is 6.97. The normalized spacial score (nSPS) is 13.5. The summed E-state index contributed by atoms with van der Waals surface area (Å²) >= 11 is 2.05. The molecule has 1 atom stereocenters. The molecule has 0 saturated heterocycles. The third-order valence-electron chi connectivity index (χ3n) is 1.91. The summed E-state index contributed by atoms with van der Waals surface area (Å²) in [6.45, 7) is 1.07. The van der Waals surface area contributed by atoms with Crippen molar-refractivity contribution in [3.8, 4) is 0 Å². The van der Waals surface area contributed by atoms with Crippen LogP contribution in [0.1, 0.15) is 6.92 Å². The predicted octanol–water partition coefficient (Wildman–Crippen LogP) is 1.41. The van der Waals surface area contributed by atoms with Gasteiger partial charge in [0, 0.05) is 3.57 Å². The molecule has 0 fully saturated rings. The third-order valence-corrected chi connectivity index (χ3v) is 4.57. The molecule has 1 aromatic carbocycles. The van der Waals surface area contributed by atoms with Gasteiger partial charge in [-0.2, -0.15) is 0 Å². The Hall–Kier alpha value is -0.340. The Balaban J connectivity index is 2.92. The van der Waals surface area contributed by atoms with Gasteiger partial charge in [-0.25, -0.2) is 8.42 Å². The van der Waals surface area contributed by atoms with E-state index in [4.69, 9.17) is 5.11 Å². The summed E-state index contributed by atoms with van der Waals surface area (Å²) < 4.78 is 26.5. The number of aliphatic hydroxyl groups excluding tert-OH is 1. The second-order valence-electron chi connectivity index (χ2n) is 3.12. The highest BCUT2D eigenvalue weighted by Gasteiger charge is 2.20. The van der Waals surface area contributed by atoms with Crippen LogP contribution in [-0.4, -0.2) is 25.4 Å². The average molecular weight is 341 g/mol. The fourth-order valence-corrected chi connectivity index (χ4v) is 2.48. The van der Waals surface area contributed by atoms with E-state index in [0.717, 1.165) is 3.57 Å². The number of rotatable bonds is 4. The molecule has 1 aromatic rings. The number of aliphatic hydroxyl groups is 1. The lowest BCUT2D eigenvalue weighted by Gasteiger charge is -2.13. The minimum absolute atomic E-state index is 0.390. The van der Waals surface area contributed by atoms with E-state index in [2.05, 4.69) is 4.72 Å². The Bertz CT molecular complexity index is 433. The van der Waals surface area contributed by atoms with Crippen LogP contribution in [0, 0.1) is 3.57 Å². The molecule has 0 amide bonds. The second-order valence-corrected chi connectivity index (χ2v) is 6.38. The molecule has 0 saturated carbocycles. The summed E-state index contributed by atoms with van der Waals surface area (Å²) in [4.78, 5) is 0. The van der Waals surface area contributed by atoms with Crippen molar-refractivity contribution in [3.63, 3.8) is 0 Å². The Labute approximate surface area is 103 Å². The number of para-hydroxylation sites is 1. The van der Waals surface area contributed by atoms with Gasteiger partial charge in [0.2, 0.25) is 10.0 Å². The number of hydrogen-bond acceptors (Lipinski definition) is 3. The summed E-state index contributed by atoms with van der Waals surface area (Å²) in [5.41, 5.74) is 0.540. The van der Waals surface area contributed by atoms with E-state index in [9.17, 15) is 8.42 Å². The molecule has 1 rings (SSSR count). The molecule has 6 heteroatoms. The fourth-order valence-electron chi connectivity index (χ4n) is 0.896. The van der Waals surface area contributed by atoms with Gasteiger partial charge in [-0.3, -0.25) is 4.72 Å². The van der Waals surface area contributed by atoms with Crippen molar-refractivity contribution >= 4 is 38.3 Å². The second kappa shape index (κ2) is 5.13. The van der Waals surface area contributed by atoms with E-state index in [1.807, 2.05) is 34.7 Å². The summed E-state index contributed by atoms with van der Waals surface area (Å²) in [5.74, 6) is 0. The van der Waals surface area contributed by atoms with Crippen LogP contribution in [0.25, 0.3) is 0 Å². The summed E-state index contributed by atoms with van der Waals surface area (Å²) in [6, 6.07) is 7.07. The number of hydrogen-bond donors (Lipinski definition) is 2. The van der Waals surface area contributed by atoms with Crippen LogP contribution in [0.2, 0.25) is 0 Å². The van der Waals surface area contributed by atoms with Gasteiger partial charge in [-0.05, 0) is 41.6 Å². The van der Waals surface area contributed by atoms with E-state index >= 15 is 0 Å². The van der Waals surface area contributed by atoms with Crippen LogP contribution in [0.4, 0.5) is 5.69 Å². The van der Waals surface area contributed by atoms with Crippen molar-refractivity contribution in [2.45, 2.75) is 12.2 Å². The Morgan fingerprint density at radius 1 is 1.47 bits per heavy atom. The van der Waals surface area contributed by atoms with Gasteiger partial charge >= 0.3 is 0 Å². The Morgan fingerprint density at radius 3 is 2.60 bits per heavy atom. The average Bonchev–Trinajstić information content (AvgIpc) is 2.20. The molecular formula is C9H12INO3S. The summed E-state index contributed by atoms with van der Waals surface area (Å²) in [5, 5.41) is 7.99. The maximum absolute atomic E-state index is 11.6. The molecule has 1 unspecified atom stereocenters. The van der Waals surface area contributed by atoms with E-state index in [0.29, 0.717) is 5.69 Å². The lowest BCUT2D eigenvalue weighted by atomic mass is 10.3. The summed E-state index contributed by atoms with van der Waals surface area (Å²) in [6.07, 6.45) is 0. The molecule has 0 aliphatic heterocycles. The highest BCUT2D eigenvalue weighted by molar-refractivity contribution is 14.1. The minimum atomic E-state index is -3.49. The number of anilines is 1. The van der Waals surface area contributed by atoms with Crippen LogP contribution in [0.15, 0.2) is 24.3 Å². The zero-order valence-electron chi connectivity index (χ0n) is 8.14. The van der Waals surface area contributed by atoms with Gasteiger partial charge in [-0.1, -0.05) is 12.1 Å². The minimum Gasteiger partial charge on any atom is -0.395 e. The maximum atomic E-state index is 11.6. The van der Waals surface area contributed by atoms with Crippen molar-refractivity contribution in [2.75, 3.05) is 11.3 Å². The largest absolute Gasteiger partial charge is 0.395 e. The van der Waals surface area contributed by atoms with Crippen molar-refractivity contribution in [2.24, 2.45) is 0 Å². The molecule has 0 aromatic heterocycles. The molecule has 0 spiro atoms. The predicted molar refractivity (Wildman–Crippen MR) is 68.2 cm³/mol. The number of benzene rings is 1. The lowest BCUT2D eigenvalue weighted by molar-refractivity contribution is 0.296. The van der Waals surface area contributed by atoms with Crippen LogP contribution in [-0.2, 0) is 10.0 Å². The molecule has 0 aliphatic carbocycles. The molecule has 0 heterocycles. The highest BCUT2D eigenvalue weighted by atomic mass is 127. The quantitative estimate of drug-likeness (QED) is 0.814. The van der Waals surface area contributed by atoms with Gasteiger partial charge in [0.25, 0.3) is 0 Å². The molecule has 0 bridgehead atoms. The van der Waals surface area contributed by atoms with Crippen molar-refractivity contribution in [1.29, 1.82) is 0 Å². The lowest BCUT2D eigenvalue weighted by Crippen LogP contribution is -2.28. The number of halogens is 1. The van der Waals surface area contributed by atoms with Crippen molar-refractivity contribution in [3.05, 3.63) is 27.8 Å². The standard InChI is InChI=1S/C9H12INO3S/c1-7(6-12)15(13,14)11-9-5-3-2-4-8(9)10/h2-5,7,11-12H,6H2,1H3. The van der Waals surface area contributed by atoms with Crippen molar-refractivity contribution in [1.82, 2.24) is 0 Å². The van der Waals surface area contributed by atoms with Gasteiger partial charge in [0.05, 0.1) is 12.3 Å². The van der Waals surface area contributed by atoms with Gasteiger partial charge in [0.15, 0.2) is 0 Å². The molecule has 15 heavy (non-hydrogen) atoms. The molecule has 4 nitrogen and oxygen atoms in total. The molecule has 0 aliphatic rings. The van der Waals surface area contributed by atoms with E-state index in [-0.39, 0.29) is 0 Å². The van der Waals surface area contributed by atoms with Crippen molar-refractivity contribution < 1.29 is 13.5 Å². The highest BCUT2D eigenvalue weighted by Crippen LogP contribution is 2.19. The van der Waals surface area contributed by atoms with E-state index in [1.165, 1.54) is 6.92 Å². The van der Waals surface area contributed by atoms with Gasteiger partial charge < -0.3 is 5.11 Å². The van der Waals surface area contributed by atoms with E-state index in [1.54, 1.807) is 12.1 Å². The molecular weight excluding hydrogens is 329 g/mol. The maximum Gasteiger partial charge on any atom is 0.237 e. The first-order valence-electron chi connectivity index (χ1n) is 4.34. The number of nitrogens with one attached hydrogen (secondary N) is 1. The van der Waals surface area contributed by atoms with Gasteiger partial charge in [0.1, 0.15) is 5.25 Å². The Morgan fingerprint density at radius 2 is 2.07 bits per heavy atom. The molecule has 2 N–H and O–H groups in total. The fraction of sp³-hybridized carbons (Fsp3) is 0.333. The zero-order chi connectivity index (χ0) is 11.5. The number of sulfonamides is 1. The summed E-state index contributed by atoms with van der Waals surface area (Å²) in [7, 11) is -3.49. The van der Waals surface area contributed by atoms with Crippen LogP contribution < -0.4 is 4.72 Å². The van der Waals surface area contributed by atoms with Crippen LogP contribution >= 0.6 is 22.6 Å². The SMILES string of the molecule is CC(CO)S(=O)(=O)Nc1ccccc1I. The molecule has 0 radical (unpaired) electrons. The topological polar surface area (TPSA) is 66.4 Å². The third kappa shape index (κ3) is 3.32. The molecule has 84 valence electrons. The van der Waals surface area contributed by atoms with Crippen LogP contribution in [0.3, 0.4) is 0 Å². The Kier molecular flexibility index (Phi) is 4.35.